The summed E-state index contributed by atoms with van der Waals surface area (Å²) in [4.78, 5) is 20.8. The van der Waals surface area contributed by atoms with E-state index in [2.05, 4.69) is 25.6 Å². The SMILES string of the molecule is Cc1ccc(-n2nnc3c(SCC(=O)NCc4ccccc4)ncnc32)cc1. The van der Waals surface area contributed by atoms with E-state index in [1.165, 1.54) is 23.7 Å². The van der Waals surface area contributed by atoms with Gasteiger partial charge in [0.25, 0.3) is 0 Å². The van der Waals surface area contributed by atoms with Crippen molar-refractivity contribution in [3.63, 3.8) is 0 Å². The highest BCUT2D eigenvalue weighted by Gasteiger charge is 2.14. The van der Waals surface area contributed by atoms with Gasteiger partial charge in [-0.1, -0.05) is 65.0 Å². The first-order chi connectivity index (χ1) is 13.7. The van der Waals surface area contributed by atoms with Crippen LogP contribution in [0.3, 0.4) is 0 Å². The lowest BCUT2D eigenvalue weighted by molar-refractivity contribution is -0.118. The fraction of sp³-hybridized carbons (Fsp3) is 0.150. The maximum absolute atomic E-state index is 12.2. The maximum Gasteiger partial charge on any atom is 0.230 e. The van der Waals surface area contributed by atoms with Crippen molar-refractivity contribution in [2.24, 2.45) is 0 Å². The quantitative estimate of drug-likeness (QED) is 0.402. The molecule has 1 N–H and O–H groups in total. The lowest BCUT2D eigenvalue weighted by atomic mass is 10.2. The van der Waals surface area contributed by atoms with Crippen molar-refractivity contribution in [3.8, 4) is 5.69 Å². The summed E-state index contributed by atoms with van der Waals surface area (Å²) in [5.41, 5.74) is 4.31. The highest BCUT2D eigenvalue weighted by atomic mass is 32.2. The molecule has 0 aliphatic carbocycles. The molecule has 0 spiro atoms. The molecule has 4 rings (SSSR count). The van der Waals surface area contributed by atoms with E-state index in [1.807, 2.05) is 61.5 Å². The highest BCUT2D eigenvalue weighted by molar-refractivity contribution is 8.00. The van der Waals surface area contributed by atoms with Crippen LogP contribution < -0.4 is 5.32 Å². The molecule has 8 heteroatoms. The Kier molecular flexibility index (Phi) is 5.29. The zero-order chi connectivity index (χ0) is 19.3. The van der Waals surface area contributed by atoms with Gasteiger partial charge in [0.05, 0.1) is 11.4 Å². The number of benzene rings is 2. The predicted octanol–water partition coefficient (Wildman–Crippen LogP) is 2.93. The largest absolute Gasteiger partial charge is 0.351 e. The smallest absolute Gasteiger partial charge is 0.230 e. The number of amides is 1. The van der Waals surface area contributed by atoms with Crippen molar-refractivity contribution < 1.29 is 4.79 Å². The Morgan fingerprint density at radius 2 is 1.86 bits per heavy atom. The molecule has 0 aliphatic heterocycles. The number of aryl methyl sites for hydroxylation is 1. The molecule has 4 aromatic rings. The topological polar surface area (TPSA) is 85.6 Å². The van der Waals surface area contributed by atoms with E-state index in [0.717, 1.165) is 11.3 Å². The minimum absolute atomic E-state index is 0.0634. The summed E-state index contributed by atoms with van der Waals surface area (Å²) in [5, 5.41) is 12.0. The molecule has 2 heterocycles. The molecule has 0 atom stereocenters. The van der Waals surface area contributed by atoms with E-state index in [-0.39, 0.29) is 11.7 Å². The molecule has 0 radical (unpaired) electrons. The molecule has 140 valence electrons. The summed E-state index contributed by atoms with van der Waals surface area (Å²) in [6, 6.07) is 17.8. The van der Waals surface area contributed by atoms with Crippen molar-refractivity contribution in [1.82, 2.24) is 30.3 Å². The normalized spacial score (nSPS) is 10.9. The zero-order valence-corrected chi connectivity index (χ0v) is 16.1. The lowest BCUT2D eigenvalue weighted by Gasteiger charge is -2.05. The first kappa shape index (κ1) is 18.1. The second-order valence-corrected chi connectivity index (χ2v) is 7.20. The van der Waals surface area contributed by atoms with Crippen molar-refractivity contribution in [3.05, 3.63) is 72.1 Å². The van der Waals surface area contributed by atoms with E-state index in [1.54, 1.807) is 4.68 Å². The summed E-state index contributed by atoms with van der Waals surface area (Å²) in [6.07, 6.45) is 1.47. The minimum Gasteiger partial charge on any atom is -0.351 e. The number of nitrogens with one attached hydrogen (secondary N) is 1. The van der Waals surface area contributed by atoms with Crippen LogP contribution in [0.1, 0.15) is 11.1 Å². The molecule has 7 nitrogen and oxygen atoms in total. The first-order valence-corrected chi connectivity index (χ1v) is 9.76. The van der Waals surface area contributed by atoms with Crippen LogP contribution in [0.4, 0.5) is 0 Å². The van der Waals surface area contributed by atoms with Crippen LogP contribution in [0.5, 0.6) is 0 Å². The van der Waals surface area contributed by atoms with Gasteiger partial charge in [0.15, 0.2) is 11.2 Å². The number of aromatic nitrogens is 5. The van der Waals surface area contributed by atoms with Gasteiger partial charge in [-0.15, -0.1) is 5.10 Å². The van der Waals surface area contributed by atoms with Gasteiger partial charge in [-0.3, -0.25) is 4.79 Å². The molecular weight excluding hydrogens is 372 g/mol. The molecule has 0 saturated heterocycles. The van der Waals surface area contributed by atoms with Gasteiger partial charge >= 0.3 is 0 Å². The summed E-state index contributed by atoms with van der Waals surface area (Å²) < 4.78 is 1.68. The van der Waals surface area contributed by atoms with Crippen LogP contribution in [0.15, 0.2) is 66.0 Å². The molecule has 28 heavy (non-hydrogen) atoms. The number of fused-ring (bicyclic) bond motifs is 1. The van der Waals surface area contributed by atoms with E-state index >= 15 is 0 Å². The van der Waals surface area contributed by atoms with Crippen LogP contribution in [0.25, 0.3) is 16.9 Å². The van der Waals surface area contributed by atoms with Gasteiger partial charge in [0.2, 0.25) is 5.91 Å². The Labute approximate surface area is 166 Å². The van der Waals surface area contributed by atoms with Gasteiger partial charge in [-0.2, -0.15) is 4.68 Å². The Bertz CT molecular complexity index is 1090. The summed E-state index contributed by atoms with van der Waals surface area (Å²) in [7, 11) is 0. The number of hydrogen-bond acceptors (Lipinski definition) is 6. The van der Waals surface area contributed by atoms with Gasteiger partial charge in [-0.25, -0.2) is 9.97 Å². The Morgan fingerprint density at radius 3 is 2.64 bits per heavy atom. The minimum atomic E-state index is -0.0634. The molecule has 2 aromatic carbocycles. The van der Waals surface area contributed by atoms with Gasteiger partial charge in [0, 0.05) is 6.54 Å². The first-order valence-electron chi connectivity index (χ1n) is 8.77. The van der Waals surface area contributed by atoms with Crippen LogP contribution in [-0.2, 0) is 11.3 Å². The second kappa shape index (κ2) is 8.18. The standard InChI is InChI=1S/C20H18N6OS/c1-14-7-9-16(10-8-14)26-19-18(24-25-26)20(23-13-22-19)28-12-17(27)21-11-15-5-3-2-4-6-15/h2-10,13H,11-12H2,1H3,(H,21,27). The van der Waals surface area contributed by atoms with Crippen molar-refractivity contribution in [2.75, 3.05) is 5.75 Å². The van der Waals surface area contributed by atoms with Crippen molar-refractivity contribution >= 4 is 28.8 Å². The Morgan fingerprint density at radius 1 is 1.07 bits per heavy atom. The average Bonchev–Trinajstić information content (AvgIpc) is 3.17. The molecule has 1 amide bonds. The fourth-order valence-electron chi connectivity index (χ4n) is 2.68. The van der Waals surface area contributed by atoms with Gasteiger partial charge in [0.1, 0.15) is 11.4 Å². The molecule has 0 bridgehead atoms. The van der Waals surface area contributed by atoms with Crippen LogP contribution in [0.2, 0.25) is 0 Å². The van der Waals surface area contributed by atoms with E-state index in [4.69, 9.17) is 0 Å². The molecule has 0 aliphatic rings. The predicted molar refractivity (Wildman–Crippen MR) is 108 cm³/mol. The van der Waals surface area contributed by atoms with Gasteiger partial charge < -0.3 is 5.32 Å². The number of carbonyl (C=O) groups excluding carboxylic acids is 1. The van der Waals surface area contributed by atoms with Crippen molar-refractivity contribution in [2.45, 2.75) is 18.5 Å². The summed E-state index contributed by atoms with van der Waals surface area (Å²) in [5.74, 6) is 0.183. The van der Waals surface area contributed by atoms with Crippen LogP contribution >= 0.6 is 11.8 Å². The average molecular weight is 390 g/mol. The molecular formula is C20H18N6OS. The third kappa shape index (κ3) is 4.01. The number of carbonyl (C=O) groups is 1. The molecule has 2 aromatic heterocycles. The summed E-state index contributed by atoms with van der Waals surface area (Å²) in [6.45, 7) is 2.53. The lowest BCUT2D eigenvalue weighted by Crippen LogP contribution is -2.24. The number of hydrogen-bond donors (Lipinski definition) is 1. The Hall–Kier alpha value is -3.26. The molecule has 0 unspecified atom stereocenters. The van der Waals surface area contributed by atoms with E-state index in [9.17, 15) is 4.79 Å². The van der Waals surface area contributed by atoms with Gasteiger partial charge in [-0.05, 0) is 24.6 Å². The maximum atomic E-state index is 12.2. The third-order valence-electron chi connectivity index (χ3n) is 4.16. The second-order valence-electron chi connectivity index (χ2n) is 6.24. The van der Waals surface area contributed by atoms with Crippen molar-refractivity contribution in [1.29, 1.82) is 0 Å². The monoisotopic (exact) mass is 390 g/mol. The number of thioether (sulfide) groups is 1. The molecule has 0 fully saturated rings. The number of rotatable bonds is 6. The molecule has 0 saturated carbocycles. The highest BCUT2D eigenvalue weighted by Crippen LogP contribution is 2.23. The van der Waals surface area contributed by atoms with Crippen LogP contribution in [-0.4, -0.2) is 36.6 Å². The van der Waals surface area contributed by atoms with E-state index < -0.39 is 0 Å². The van der Waals surface area contributed by atoms with Crippen LogP contribution in [0, 0.1) is 6.92 Å². The summed E-state index contributed by atoms with van der Waals surface area (Å²) >= 11 is 1.33. The Balaban J connectivity index is 1.46. The number of nitrogens with zero attached hydrogens (tertiary/aromatic N) is 5. The zero-order valence-electron chi connectivity index (χ0n) is 15.2. The fourth-order valence-corrected chi connectivity index (χ4v) is 3.44. The van der Waals surface area contributed by atoms with E-state index in [0.29, 0.717) is 22.7 Å². The third-order valence-corrected chi connectivity index (χ3v) is 5.13.